The summed E-state index contributed by atoms with van der Waals surface area (Å²) in [5.41, 5.74) is 1.76. The van der Waals surface area contributed by atoms with Gasteiger partial charge in [0.05, 0.1) is 40.5 Å². The van der Waals surface area contributed by atoms with Gasteiger partial charge < -0.3 is 28.8 Å². The Morgan fingerprint density at radius 2 is 1.45 bits per heavy atom. The Balaban J connectivity index is 2.44. The Morgan fingerprint density at radius 1 is 0.806 bits per heavy atom. The van der Waals surface area contributed by atoms with Crippen LogP contribution in [-0.4, -0.2) is 52.6 Å². The van der Waals surface area contributed by atoms with Gasteiger partial charge in [0.1, 0.15) is 11.7 Å². The molecule has 0 aromatic heterocycles. The van der Waals surface area contributed by atoms with Crippen LogP contribution < -0.4 is 9.47 Å². The third-order valence-electron chi connectivity index (χ3n) is 5.78. The normalized spacial score (nSPS) is 22.2. The minimum Gasteiger partial charge on any atom is -0.504 e. The van der Waals surface area contributed by atoms with Crippen molar-refractivity contribution >= 4 is 11.9 Å². The van der Waals surface area contributed by atoms with Crippen LogP contribution >= 0.6 is 0 Å². The fraction of sp³-hybridized carbons (Fsp3) is 0.391. The first-order chi connectivity index (χ1) is 14.9. The largest absolute Gasteiger partial charge is 0.504 e. The molecule has 0 saturated heterocycles. The van der Waals surface area contributed by atoms with Crippen molar-refractivity contribution in [2.45, 2.75) is 12.0 Å². The molecule has 8 nitrogen and oxygen atoms in total. The van der Waals surface area contributed by atoms with Gasteiger partial charge in [0.15, 0.2) is 11.5 Å². The topological polar surface area (TPSA) is 101 Å². The minimum absolute atomic E-state index is 0.101. The molecule has 166 valence electrons. The molecule has 2 aromatic carbocycles. The first kappa shape index (κ1) is 22.4. The summed E-state index contributed by atoms with van der Waals surface area (Å²) in [5.74, 6) is -3.40. The molecule has 0 aliphatic heterocycles. The van der Waals surface area contributed by atoms with Crippen molar-refractivity contribution in [2.75, 3.05) is 35.5 Å². The number of para-hydroxylation sites is 1. The van der Waals surface area contributed by atoms with Crippen molar-refractivity contribution in [1.29, 1.82) is 0 Å². The lowest BCUT2D eigenvalue weighted by atomic mass is 9.64. The maximum absolute atomic E-state index is 13.1. The van der Waals surface area contributed by atoms with Gasteiger partial charge in [-0.1, -0.05) is 24.3 Å². The monoisotopic (exact) mass is 430 g/mol. The lowest BCUT2D eigenvalue weighted by Crippen LogP contribution is -2.44. The standard InChI is InChI=1S/C23H26O8/c1-27-15-9-7-6-8-12(15)16-17-13(10-11-14(24)21(17)29-3)20(28-2)19(23(26)31-5)18(16)22(25)30-4/h6-11,16,18-20,24H,1-5H3/t16-,18+,19-,20+/m1/s1. The number of hydrogen-bond acceptors (Lipinski definition) is 8. The average molecular weight is 430 g/mol. The van der Waals surface area contributed by atoms with Crippen LogP contribution in [0.25, 0.3) is 0 Å². The lowest BCUT2D eigenvalue weighted by molar-refractivity contribution is -0.166. The Morgan fingerprint density at radius 3 is 2.03 bits per heavy atom. The number of fused-ring (bicyclic) bond motifs is 1. The average Bonchev–Trinajstić information content (AvgIpc) is 2.81. The molecular formula is C23H26O8. The molecule has 0 bridgehead atoms. The molecule has 31 heavy (non-hydrogen) atoms. The molecule has 0 saturated carbocycles. The fourth-order valence-electron chi connectivity index (χ4n) is 4.53. The summed E-state index contributed by atoms with van der Waals surface area (Å²) in [6.07, 6.45) is -0.827. The number of aromatic hydroxyl groups is 1. The molecule has 0 spiro atoms. The first-order valence-corrected chi connectivity index (χ1v) is 9.66. The van der Waals surface area contributed by atoms with Crippen LogP contribution in [0.5, 0.6) is 17.2 Å². The van der Waals surface area contributed by atoms with Crippen LogP contribution in [0.15, 0.2) is 36.4 Å². The highest BCUT2D eigenvalue weighted by molar-refractivity contribution is 5.86. The summed E-state index contributed by atoms with van der Waals surface area (Å²) >= 11 is 0. The van der Waals surface area contributed by atoms with Crippen molar-refractivity contribution in [3.05, 3.63) is 53.1 Å². The minimum atomic E-state index is -1.03. The summed E-state index contributed by atoms with van der Waals surface area (Å²) in [6.45, 7) is 0. The first-order valence-electron chi connectivity index (χ1n) is 9.66. The van der Waals surface area contributed by atoms with E-state index in [-0.39, 0.29) is 11.5 Å². The predicted molar refractivity (Wildman–Crippen MR) is 110 cm³/mol. The highest BCUT2D eigenvalue weighted by atomic mass is 16.5. The van der Waals surface area contributed by atoms with E-state index in [1.165, 1.54) is 41.6 Å². The fourth-order valence-corrected chi connectivity index (χ4v) is 4.53. The third-order valence-corrected chi connectivity index (χ3v) is 5.78. The van der Waals surface area contributed by atoms with E-state index in [0.717, 1.165) is 0 Å². The van der Waals surface area contributed by atoms with Gasteiger partial charge in [-0.25, -0.2) is 0 Å². The van der Waals surface area contributed by atoms with E-state index in [0.29, 0.717) is 22.4 Å². The summed E-state index contributed by atoms with van der Waals surface area (Å²) in [5, 5.41) is 10.5. The van der Waals surface area contributed by atoms with Gasteiger partial charge in [-0.3, -0.25) is 9.59 Å². The number of ether oxygens (including phenoxy) is 5. The molecule has 1 aliphatic rings. The highest BCUT2D eigenvalue weighted by Crippen LogP contribution is 2.56. The lowest BCUT2D eigenvalue weighted by Gasteiger charge is -2.42. The van der Waals surface area contributed by atoms with Crippen LogP contribution in [0.1, 0.15) is 28.7 Å². The number of benzene rings is 2. The molecule has 8 heteroatoms. The predicted octanol–water partition coefficient (Wildman–Crippen LogP) is 2.82. The van der Waals surface area contributed by atoms with Crippen LogP contribution in [0.3, 0.4) is 0 Å². The van der Waals surface area contributed by atoms with Gasteiger partial charge in [0, 0.05) is 24.2 Å². The number of methoxy groups -OCH3 is 5. The Labute approximate surface area is 180 Å². The van der Waals surface area contributed by atoms with E-state index in [4.69, 9.17) is 23.7 Å². The molecule has 1 N–H and O–H groups in total. The zero-order valence-electron chi connectivity index (χ0n) is 18.1. The molecule has 0 amide bonds. The van der Waals surface area contributed by atoms with Crippen molar-refractivity contribution in [1.82, 2.24) is 0 Å². The third kappa shape index (κ3) is 3.67. The van der Waals surface area contributed by atoms with E-state index in [1.807, 2.05) is 0 Å². The van der Waals surface area contributed by atoms with E-state index in [1.54, 1.807) is 30.3 Å². The van der Waals surface area contributed by atoms with Gasteiger partial charge >= 0.3 is 11.9 Å². The second-order valence-electron chi connectivity index (χ2n) is 7.09. The molecular weight excluding hydrogens is 404 g/mol. The maximum Gasteiger partial charge on any atom is 0.312 e. The summed E-state index contributed by atoms with van der Waals surface area (Å²) in [7, 11) is 6.91. The number of esters is 2. The molecule has 0 unspecified atom stereocenters. The van der Waals surface area contributed by atoms with Crippen LogP contribution in [0, 0.1) is 11.8 Å². The smallest absolute Gasteiger partial charge is 0.312 e. The van der Waals surface area contributed by atoms with Crippen LogP contribution in [0.4, 0.5) is 0 Å². The number of rotatable bonds is 6. The molecule has 1 aliphatic carbocycles. The van der Waals surface area contributed by atoms with Crippen LogP contribution in [0.2, 0.25) is 0 Å². The molecule has 0 heterocycles. The van der Waals surface area contributed by atoms with Gasteiger partial charge in [0.2, 0.25) is 0 Å². The molecule has 0 radical (unpaired) electrons. The highest BCUT2D eigenvalue weighted by Gasteiger charge is 2.53. The van der Waals surface area contributed by atoms with Crippen molar-refractivity contribution in [3.63, 3.8) is 0 Å². The van der Waals surface area contributed by atoms with Gasteiger partial charge in [-0.05, 0) is 17.7 Å². The SMILES string of the molecule is COC(=O)[C@@H]1[C@@H](C(=O)OC)[C@H](c2ccccc2OC)c2c(ccc(O)c2OC)[C@@H]1OC. The van der Waals surface area contributed by atoms with Crippen molar-refractivity contribution in [3.8, 4) is 17.2 Å². The number of carbonyl (C=O) groups excluding carboxylic acids is 2. The summed E-state index contributed by atoms with van der Waals surface area (Å²) in [4.78, 5) is 26.0. The Kier molecular flexibility index (Phi) is 6.70. The number of phenols is 1. The second-order valence-corrected chi connectivity index (χ2v) is 7.09. The molecule has 4 atom stereocenters. The quantitative estimate of drug-likeness (QED) is 0.699. The van der Waals surface area contributed by atoms with E-state index in [2.05, 4.69) is 0 Å². The van der Waals surface area contributed by atoms with E-state index < -0.39 is 35.8 Å². The maximum atomic E-state index is 13.1. The van der Waals surface area contributed by atoms with Gasteiger partial charge in [-0.15, -0.1) is 0 Å². The van der Waals surface area contributed by atoms with E-state index >= 15 is 0 Å². The Hall–Kier alpha value is -3.26. The van der Waals surface area contributed by atoms with Crippen LogP contribution in [-0.2, 0) is 23.8 Å². The summed E-state index contributed by atoms with van der Waals surface area (Å²) < 4.78 is 26.9. The van der Waals surface area contributed by atoms with Crippen molar-refractivity contribution in [2.24, 2.45) is 11.8 Å². The second kappa shape index (κ2) is 9.26. The number of phenolic OH excluding ortho intramolecular Hbond substituents is 1. The number of hydrogen-bond donors (Lipinski definition) is 1. The zero-order chi connectivity index (χ0) is 22.7. The Bertz CT molecular complexity index is 970. The number of carbonyl (C=O) groups is 2. The molecule has 0 fully saturated rings. The molecule has 2 aromatic rings. The van der Waals surface area contributed by atoms with Crippen molar-refractivity contribution < 1.29 is 38.4 Å². The molecule has 3 rings (SSSR count). The van der Waals surface area contributed by atoms with Gasteiger partial charge in [-0.2, -0.15) is 0 Å². The van der Waals surface area contributed by atoms with Gasteiger partial charge in [0.25, 0.3) is 0 Å². The summed E-state index contributed by atoms with van der Waals surface area (Å²) in [6, 6.07) is 10.3. The van der Waals surface area contributed by atoms with E-state index in [9.17, 15) is 14.7 Å². The zero-order valence-corrected chi connectivity index (χ0v) is 18.1.